The number of anilines is 1. The van der Waals surface area contributed by atoms with E-state index in [1.54, 1.807) is 18.2 Å². The minimum atomic E-state index is -0.740. The van der Waals surface area contributed by atoms with E-state index in [1.165, 1.54) is 29.8 Å². The van der Waals surface area contributed by atoms with Crippen LogP contribution in [0, 0.1) is 0 Å². The monoisotopic (exact) mass is 363 g/mol. The number of aromatic nitrogens is 1. The lowest BCUT2D eigenvalue weighted by molar-refractivity contribution is -0.121. The Hall–Kier alpha value is -2.84. The van der Waals surface area contributed by atoms with Crippen LogP contribution < -0.4 is 19.9 Å². The van der Waals surface area contributed by atoms with Crippen LogP contribution in [0.2, 0.25) is 5.02 Å². The van der Waals surface area contributed by atoms with Crippen molar-refractivity contribution in [1.29, 1.82) is 0 Å². The first-order chi connectivity index (χ1) is 12.0. The van der Waals surface area contributed by atoms with Crippen molar-refractivity contribution in [3.8, 4) is 11.6 Å². The highest BCUT2D eigenvalue weighted by molar-refractivity contribution is 6.31. The maximum absolute atomic E-state index is 12.3. The summed E-state index contributed by atoms with van der Waals surface area (Å²) in [4.78, 5) is 29.3. The average molecular weight is 364 g/mol. The standard InChI is InChI=1S/C16H14ClN3O5/c1-24-11-3-2-9(12(17)5-11)7-20-13-4-10(15(22)19-23)6-18-16(13)25-8-14(20)21/h2-6,23H,7-8H2,1H3,(H,19,22). The second-order valence-corrected chi connectivity index (χ2v) is 5.62. The third-order valence-electron chi connectivity index (χ3n) is 3.71. The lowest BCUT2D eigenvalue weighted by atomic mass is 10.1. The van der Waals surface area contributed by atoms with E-state index in [4.69, 9.17) is 26.3 Å². The molecule has 2 aromatic rings. The molecule has 0 saturated heterocycles. The van der Waals surface area contributed by atoms with Crippen molar-refractivity contribution in [1.82, 2.24) is 10.5 Å². The summed E-state index contributed by atoms with van der Waals surface area (Å²) < 4.78 is 10.4. The van der Waals surface area contributed by atoms with E-state index in [0.29, 0.717) is 22.0 Å². The number of hydrogen-bond donors (Lipinski definition) is 2. The highest BCUT2D eigenvalue weighted by atomic mass is 35.5. The van der Waals surface area contributed by atoms with E-state index >= 15 is 0 Å². The fraction of sp³-hybridized carbons (Fsp3) is 0.188. The summed E-state index contributed by atoms with van der Waals surface area (Å²) in [6.45, 7) is 0.00319. The zero-order valence-electron chi connectivity index (χ0n) is 13.2. The smallest absolute Gasteiger partial charge is 0.276 e. The van der Waals surface area contributed by atoms with Crippen molar-refractivity contribution in [2.24, 2.45) is 0 Å². The molecule has 1 aromatic carbocycles. The summed E-state index contributed by atoms with van der Waals surface area (Å²) >= 11 is 6.24. The van der Waals surface area contributed by atoms with Gasteiger partial charge in [-0.25, -0.2) is 10.5 Å². The van der Waals surface area contributed by atoms with Crippen molar-refractivity contribution in [2.75, 3.05) is 18.6 Å². The molecule has 25 heavy (non-hydrogen) atoms. The molecule has 2 N–H and O–H groups in total. The van der Waals surface area contributed by atoms with Crippen LogP contribution in [0.1, 0.15) is 15.9 Å². The third kappa shape index (κ3) is 3.35. The van der Waals surface area contributed by atoms with E-state index < -0.39 is 5.91 Å². The number of rotatable bonds is 4. The molecule has 0 unspecified atom stereocenters. The van der Waals surface area contributed by atoms with Crippen LogP contribution in [0.5, 0.6) is 11.6 Å². The van der Waals surface area contributed by atoms with Gasteiger partial charge in [0.05, 0.1) is 19.2 Å². The molecule has 8 nitrogen and oxygen atoms in total. The number of pyridine rings is 1. The van der Waals surface area contributed by atoms with Crippen LogP contribution in [0.3, 0.4) is 0 Å². The Morgan fingerprint density at radius 1 is 1.48 bits per heavy atom. The fourth-order valence-electron chi connectivity index (χ4n) is 2.40. The van der Waals surface area contributed by atoms with Crippen LogP contribution in [0.15, 0.2) is 30.5 Å². The van der Waals surface area contributed by atoms with Gasteiger partial charge >= 0.3 is 0 Å². The zero-order chi connectivity index (χ0) is 18.0. The van der Waals surface area contributed by atoms with Crippen molar-refractivity contribution in [2.45, 2.75) is 6.54 Å². The quantitative estimate of drug-likeness (QED) is 0.634. The molecule has 130 valence electrons. The molecular formula is C16H14ClN3O5. The van der Waals surface area contributed by atoms with Crippen molar-refractivity contribution in [3.05, 3.63) is 46.6 Å². The van der Waals surface area contributed by atoms with Gasteiger partial charge in [-0.1, -0.05) is 17.7 Å². The van der Waals surface area contributed by atoms with Gasteiger partial charge in [-0.05, 0) is 23.8 Å². The molecule has 9 heteroatoms. The molecule has 0 saturated carbocycles. The summed E-state index contributed by atoms with van der Waals surface area (Å²) in [6.07, 6.45) is 1.25. The van der Waals surface area contributed by atoms with Gasteiger partial charge in [0.25, 0.3) is 11.8 Å². The number of hydrogen-bond acceptors (Lipinski definition) is 6. The molecule has 0 aliphatic carbocycles. The molecule has 0 fully saturated rings. The highest BCUT2D eigenvalue weighted by Gasteiger charge is 2.28. The first-order valence-electron chi connectivity index (χ1n) is 7.23. The van der Waals surface area contributed by atoms with Crippen LogP contribution in [-0.2, 0) is 11.3 Å². The SMILES string of the molecule is COc1ccc(CN2C(=O)COc3ncc(C(=O)NO)cc32)c(Cl)c1. The van der Waals surface area contributed by atoms with Gasteiger partial charge in [0.15, 0.2) is 6.61 Å². The Morgan fingerprint density at radius 3 is 2.96 bits per heavy atom. The van der Waals surface area contributed by atoms with E-state index in [9.17, 15) is 9.59 Å². The van der Waals surface area contributed by atoms with Crippen molar-refractivity contribution < 1.29 is 24.3 Å². The van der Waals surface area contributed by atoms with Gasteiger partial charge in [0, 0.05) is 11.2 Å². The summed E-state index contributed by atoms with van der Waals surface area (Å²) in [7, 11) is 1.53. The molecule has 1 aliphatic rings. The predicted octanol–water partition coefficient (Wildman–Crippen LogP) is 1.79. The molecule has 1 aliphatic heterocycles. The molecule has 2 heterocycles. The summed E-state index contributed by atoms with van der Waals surface area (Å²) in [5.41, 5.74) is 2.63. The number of amides is 2. The zero-order valence-corrected chi connectivity index (χ0v) is 13.9. The number of halogens is 1. The maximum atomic E-state index is 12.3. The number of fused-ring (bicyclic) bond motifs is 1. The van der Waals surface area contributed by atoms with Crippen molar-refractivity contribution in [3.63, 3.8) is 0 Å². The molecule has 0 atom stereocenters. The average Bonchev–Trinajstić information content (AvgIpc) is 2.64. The van der Waals surface area contributed by atoms with Gasteiger partial charge in [0.1, 0.15) is 11.4 Å². The van der Waals surface area contributed by atoms with E-state index in [-0.39, 0.29) is 30.5 Å². The van der Waals surface area contributed by atoms with E-state index in [2.05, 4.69) is 4.98 Å². The molecular weight excluding hydrogens is 350 g/mol. The predicted molar refractivity (Wildman–Crippen MR) is 88.2 cm³/mol. The molecule has 0 bridgehead atoms. The number of carbonyl (C=O) groups is 2. The van der Waals surface area contributed by atoms with Gasteiger partial charge < -0.3 is 14.4 Å². The first kappa shape index (κ1) is 17.0. The lowest BCUT2D eigenvalue weighted by Gasteiger charge is -2.29. The summed E-state index contributed by atoms with van der Waals surface area (Å²) in [5.74, 6) is -0.219. The van der Waals surface area contributed by atoms with Crippen molar-refractivity contribution >= 4 is 29.1 Å². The third-order valence-corrected chi connectivity index (χ3v) is 4.06. The van der Waals surface area contributed by atoms with Crippen LogP contribution in [-0.4, -0.2) is 35.7 Å². The van der Waals surface area contributed by atoms with Gasteiger partial charge in [-0.15, -0.1) is 0 Å². The second-order valence-electron chi connectivity index (χ2n) is 5.22. The number of hydroxylamine groups is 1. The minimum absolute atomic E-state index is 0.0883. The van der Waals surface area contributed by atoms with Gasteiger partial charge in [0.2, 0.25) is 5.88 Å². The van der Waals surface area contributed by atoms with E-state index in [0.717, 1.165) is 0 Å². The van der Waals surface area contributed by atoms with E-state index in [1.807, 2.05) is 0 Å². The lowest BCUT2D eigenvalue weighted by Crippen LogP contribution is -2.39. The normalized spacial score (nSPS) is 13.1. The number of methoxy groups -OCH3 is 1. The number of ether oxygens (including phenoxy) is 2. The number of carbonyl (C=O) groups excluding carboxylic acids is 2. The van der Waals surface area contributed by atoms with Gasteiger partial charge in [-0.3, -0.25) is 14.8 Å². The molecule has 3 rings (SSSR count). The maximum Gasteiger partial charge on any atom is 0.276 e. The molecule has 1 aromatic heterocycles. The van der Waals surface area contributed by atoms with Crippen LogP contribution in [0.4, 0.5) is 5.69 Å². The molecule has 0 radical (unpaired) electrons. The Kier molecular flexibility index (Phi) is 4.73. The number of nitrogens with one attached hydrogen (secondary N) is 1. The van der Waals surface area contributed by atoms with Crippen LogP contribution in [0.25, 0.3) is 0 Å². The molecule has 0 spiro atoms. The second kappa shape index (κ2) is 6.96. The summed E-state index contributed by atoms with van der Waals surface area (Å²) in [6, 6.07) is 6.56. The largest absolute Gasteiger partial charge is 0.497 e. The topological polar surface area (TPSA) is 101 Å². The first-order valence-corrected chi connectivity index (χ1v) is 7.61. The van der Waals surface area contributed by atoms with Gasteiger partial charge in [-0.2, -0.15) is 0 Å². The molecule has 2 amide bonds. The number of nitrogens with zero attached hydrogens (tertiary/aromatic N) is 2. The minimum Gasteiger partial charge on any atom is -0.497 e. The Morgan fingerprint density at radius 2 is 2.28 bits per heavy atom. The fourth-order valence-corrected chi connectivity index (χ4v) is 2.63. The number of benzene rings is 1. The van der Waals surface area contributed by atoms with Crippen LogP contribution >= 0.6 is 11.6 Å². The Labute approximate surface area is 147 Å². The highest BCUT2D eigenvalue weighted by Crippen LogP contribution is 2.33. The Balaban J connectivity index is 1.97. The summed E-state index contributed by atoms with van der Waals surface area (Å²) in [5, 5.41) is 9.20. The Bertz CT molecular complexity index is 843.